The lowest BCUT2D eigenvalue weighted by atomic mass is 9.72. The Labute approximate surface area is 164 Å². The van der Waals surface area contributed by atoms with E-state index >= 15 is 0 Å². The van der Waals surface area contributed by atoms with Gasteiger partial charge in [0.15, 0.2) is 5.65 Å². The zero-order valence-electron chi connectivity index (χ0n) is 16.1. The van der Waals surface area contributed by atoms with Crippen LogP contribution in [0.1, 0.15) is 35.4 Å². The van der Waals surface area contributed by atoms with Crippen molar-refractivity contribution in [2.75, 3.05) is 19.8 Å². The van der Waals surface area contributed by atoms with Gasteiger partial charge >= 0.3 is 0 Å². The quantitative estimate of drug-likeness (QED) is 0.690. The van der Waals surface area contributed by atoms with Gasteiger partial charge < -0.3 is 9.64 Å². The maximum absolute atomic E-state index is 13.8. The highest BCUT2D eigenvalue weighted by Crippen LogP contribution is 2.38. The third-order valence-electron chi connectivity index (χ3n) is 6.14. The van der Waals surface area contributed by atoms with Crippen LogP contribution in [-0.2, 0) is 27.9 Å². The Morgan fingerprint density at radius 3 is 2.75 bits per heavy atom. The number of nitrogens with zero attached hydrogens (tertiary/aromatic N) is 4. The monoisotopic (exact) mass is 376 g/mol. The molecule has 0 saturated carbocycles. The largest absolute Gasteiger partial charge is 0.381 e. The van der Waals surface area contributed by atoms with E-state index in [9.17, 15) is 4.79 Å². The number of carbonyl (C=O) groups is 1. The lowest BCUT2D eigenvalue weighted by Crippen LogP contribution is -2.51. The predicted molar refractivity (Wildman–Crippen MR) is 105 cm³/mol. The molecule has 2 aromatic heterocycles. The van der Waals surface area contributed by atoms with Gasteiger partial charge in [0.1, 0.15) is 0 Å². The first-order valence-corrected chi connectivity index (χ1v) is 9.93. The first kappa shape index (κ1) is 17.4. The Balaban J connectivity index is 1.49. The second kappa shape index (κ2) is 6.71. The van der Waals surface area contributed by atoms with E-state index in [1.54, 1.807) is 0 Å². The average Bonchev–Trinajstić information content (AvgIpc) is 3.14. The number of fused-ring (bicyclic) bond motifs is 3. The number of aromatic nitrogens is 3. The Kier molecular flexibility index (Phi) is 4.16. The number of benzene rings is 1. The summed E-state index contributed by atoms with van der Waals surface area (Å²) in [6.45, 7) is 4.53. The molecule has 2 aliphatic rings. The SMILES string of the molecule is Cc1cc2ncc3c(n2n1)CCN(C(=O)C1(c2ccccc2)CCOCC1)C3. The number of carbonyl (C=O) groups excluding carboxylic acids is 1. The van der Waals surface area contributed by atoms with Gasteiger partial charge in [-0.3, -0.25) is 4.79 Å². The van der Waals surface area contributed by atoms with Crippen LogP contribution >= 0.6 is 0 Å². The van der Waals surface area contributed by atoms with Crippen molar-refractivity contribution in [3.05, 3.63) is 65.1 Å². The molecule has 1 fully saturated rings. The van der Waals surface area contributed by atoms with E-state index in [0.717, 1.165) is 41.7 Å². The number of aryl methyl sites for hydroxylation is 1. The molecule has 6 nitrogen and oxygen atoms in total. The van der Waals surface area contributed by atoms with Gasteiger partial charge in [-0.25, -0.2) is 9.50 Å². The lowest BCUT2D eigenvalue weighted by molar-refractivity contribution is -0.142. The fraction of sp³-hybridized carbons (Fsp3) is 0.409. The van der Waals surface area contributed by atoms with Crippen molar-refractivity contribution >= 4 is 11.6 Å². The molecular weight excluding hydrogens is 352 g/mol. The summed E-state index contributed by atoms with van der Waals surface area (Å²) in [5, 5.41) is 4.58. The molecule has 0 unspecified atom stereocenters. The zero-order chi connectivity index (χ0) is 19.1. The van der Waals surface area contributed by atoms with E-state index in [1.165, 1.54) is 5.69 Å². The van der Waals surface area contributed by atoms with Crippen LogP contribution in [0.5, 0.6) is 0 Å². The topological polar surface area (TPSA) is 59.7 Å². The van der Waals surface area contributed by atoms with E-state index in [2.05, 4.69) is 22.2 Å². The van der Waals surface area contributed by atoms with E-state index in [4.69, 9.17) is 4.74 Å². The Hall–Kier alpha value is -2.73. The number of rotatable bonds is 2. The number of ether oxygens (including phenoxy) is 1. The normalized spacial score (nSPS) is 18.8. The highest BCUT2D eigenvalue weighted by molar-refractivity contribution is 5.88. The molecule has 5 rings (SSSR count). The second-order valence-corrected chi connectivity index (χ2v) is 7.82. The molecule has 0 radical (unpaired) electrons. The minimum Gasteiger partial charge on any atom is -0.381 e. The van der Waals surface area contributed by atoms with E-state index in [0.29, 0.717) is 26.3 Å². The van der Waals surface area contributed by atoms with Crippen LogP contribution in [0.4, 0.5) is 0 Å². The molecule has 4 heterocycles. The Bertz CT molecular complexity index is 1020. The summed E-state index contributed by atoms with van der Waals surface area (Å²) in [4.78, 5) is 20.3. The Morgan fingerprint density at radius 2 is 1.96 bits per heavy atom. The summed E-state index contributed by atoms with van der Waals surface area (Å²) in [5.41, 5.74) is 4.71. The Morgan fingerprint density at radius 1 is 1.18 bits per heavy atom. The number of amides is 1. The van der Waals surface area contributed by atoms with E-state index in [1.807, 2.05) is 46.8 Å². The van der Waals surface area contributed by atoms with Crippen LogP contribution < -0.4 is 0 Å². The molecule has 0 bridgehead atoms. The second-order valence-electron chi connectivity index (χ2n) is 7.82. The molecule has 3 aromatic rings. The van der Waals surface area contributed by atoms with Crippen molar-refractivity contribution in [3.63, 3.8) is 0 Å². The predicted octanol–water partition coefficient (Wildman–Crippen LogP) is 2.67. The fourth-order valence-corrected chi connectivity index (χ4v) is 4.63. The lowest BCUT2D eigenvalue weighted by Gasteiger charge is -2.41. The molecule has 0 aliphatic carbocycles. The van der Waals surface area contributed by atoms with Crippen LogP contribution in [-0.4, -0.2) is 45.2 Å². The van der Waals surface area contributed by atoms with Crippen LogP contribution in [0.3, 0.4) is 0 Å². The van der Waals surface area contributed by atoms with Crippen molar-refractivity contribution in [1.82, 2.24) is 19.5 Å². The summed E-state index contributed by atoms with van der Waals surface area (Å²) in [5.74, 6) is 0.212. The fourth-order valence-electron chi connectivity index (χ4n) is 4.63. The van der Waals surface area contributed by atoms with Gasteiger partial charge in [0.05, 0.1) is 16.8 Å². The molecule has 0 atom stereocenters. The van der Waals surface area contributed by atoms with Gasteiger partial charge in [0.2, 0.25) is 5.91 Å². The van der Waals surface area contributed by atoms with Gasteiger partial charge in [-0.15, -0.1) is 0 Å². The molecule has 6 heteroatoms. The van der Waals surface area contributed by atoms with Crippen LogP contribution in [0.2, 0.25) is 0 Å². The molecule has 0 N–H and O–H groups in total. The van der Waals surface area contributed by atoms with E-state index < -0.39 is 5.41 Å². The summed E-state index contributed by atoms with van der Waals surface area (Å²) in [6, 6.07) is 12.2. The summed E-state index contributed by atoms with van der Waals surface area (Å²) in [7, 11) is 0. The molecule has 1 saturated heterocycles. The highest BCUT2D eigenvalue weighted by atomic mass is 16.5. The molecular formula is C22H24N4O2. The smallest absolute Gasteiger partial charge is 0.233 e. The minimum atomic E-state index is -0.489. The standard InChI is InChI=1S/C22H24N4O2/c1-16-13-20-23-14-17-15-25(10-7-19(17)26(20)24-16)21(27)22(8-11-28-12-9-22)18-5-3-2-4-6-18/h2-6,13-14H,7-12,15H2,1H3. The van der Waals surface area contributed by atoms with E-state index in [-0.39, 0.29) is 5.91 Å². The first-order chi connectivity index (χ1) is 13.7. The van der Waals surface area contributed by atoms with Crippen molar-refractivity contribution in [2.45, 2.75) is 38.1 Å². The van der Waals surface area contributed by atoms with Crippen LogP contribution in [0, 0.1) is 6.92 Å². The van der Waals surface area contributed by atoms with Gasteiger partial charge in [-0.1, -0.05) is 30.3 Å². The zero-order valence-corrected chi connectivity index (χ0v) is 16.1. The summed E-state index contributed by atoms with van der Waals surface area (Å²) < 4.78 is 7.54. The van der Waals surface area contributed by atoms with Gasteiger partial charge in [-0.05, 0) is 25.3 Å². The third kappa shape index (κ3) is 2.71. The van der Waals surface area contributed by atoms with Gasteiger partial charge in [0.25, 0.3) is 0 Å². The van der Waals surface area contributed by atoms with Gasteiger partial charge in [-0.2, -0.15) is 5.10 Å². The molecule has 28 heavy (non-hydrogen) atoms. The van der Waals surface area contributed by atoms with Crippen molar-refractivity contribution < 1.29 is 9.53 Å². The van der Waals surface area contributed by atoms with Crippen molar-refractivity contribution in [1.29, 1.82) is 0 Å². The average molecular weight is 376 g/mol. The molecule has 144 valence electrons. The maximum Gasteiger partial charge on any atom is 0.233 e. The maximum atomic E-state index is 13.8. The van der Waals surface area contributed by atoms with Crippen LogP contribution in [0.15, 0.2) is 42.6 Å². The van der Waals surface area contributed by atoms with Crippen molar-refractivity contribution in [3.8, 4) is 0 Å². The summed E-state index contributed by atoms with van der Waals surface area (Å²) >= 11 is 0. The first-order valence-electron chi connectivity index (χ1n) is 9.93. The third-order valence-corrected chi connectivity index (χ3v) is 6.14. The summed E-state index contributed by atoms with van der Waals surface area (Å²) in [6.07, 6.45) is 4.16. The minimum absolute atomic E-state index is 0.212. The molecule has 0 spiro atoms. The van der Waals surface area contributed by atoms with Gasteiger partial charge in [0, 0.05) is 50.6 Å². The molecule has 2 aliphatic heterocycles. The number of hydrogen-bond donors (Lipinski definition) is 0. The highest BCUT2D eigenvalue weighted by Gasteiger charge is 2.44. The molecule has 1 amide bonds. The molecule has 1 aromatic carbocycles. The number of hydrogen-bond acceptors (Lipinski definition) is 4. The van der Waals surface area contributed by atoms with Crippen LogP contribution in [0.25, 0.3) is 5.65 Å². The van der Waals surface area contributed by atoms with Crippen molar-refractivity contribution in [2.24, 2.45) is 0 Å².